The van der Waals surface area contributed by atoms with Gasteiger partial charge in [0.05, 0.1) is 18.8 Å². The molecule has 1 amide bonds. The number of rotatable bonds is 9. The number of carbonyl (C=O) groups excluding carboxylic acids is 1. The molecule has 35 heavy (non-hydrogen) atoms. The van der Waals surface area contributed by atoms with Gasteiger partial charge in [-0.2, -0.15) is 4.98 Å². The summed E-state index contributed by atoms with van der Waals surface area (Å²) in [6.07, 6.45) is 6.14. The number of ether oxygens (including phenoxy) is 1. The van der Waals surface area contributed by atoms with Crippen LogP contribution in [-0.4, -0.2) is 53.0 Å². The highest BCUT2D eigenvalue weighted by molar-refractivity contribution is 5.96. The molecule has 9 heteroatoms. The summed E-state index contributed by atoms with van der Waals surface area (Å²) in [6, 6.07) is 5.38. The molecule has 0 spiro atoms. The van der Waals surface area contributed by atoms with Crippen LogP contribution in [0.5, 0.6) is 5.75 Å². The molecule has 2 atom stereocenters. The van der Waals surface area contributed by atoms with Crippen molar-refractivity contribution in [1.29, 1.82) is 0 Å². The number of nitrogens with one attached hydrogen (secondary N) is 1. The number of hydrogen-bond donors (Lipinski definition) is 2. The second-order valence-corrected chi connectivity index (χ2v) is 10.3. The molecule has 1 saturated carbocycles. The fraction of sp³-hybridized carbons (Fsp3) is 0.654. The lowest BCUT2D eigenvalue weighted by atomic mass is 9.92. The number of anilines is 1. The zero-order valence-corrected chi connectivity index (χ0v) is 20.9. The number of aliphatic hydroxyl groups is 1. The van der Waals surface area contributed by atoms with Crippen molar-refractivity contribution in [3.8, 4) is 5.75 Å². The van der Waals surface area contributed by atoms with Gasteiger partial charge >= 0.3 is 0 Å². The lowest BCUT2D eigenvalue weighted by Crippen LogP contribution is -2.40. The van der Waals surface area contributed by atoms with Crippen LogP contribution in [0.15, 0.2) is 22.7 Å². The van der Waals surface area contributed by atoms with Crippen LogP contribution in [-0.2, 0) is 5.67 Å². The lowest BCUT2D eigenvalue weighted by Gasteiger charge is -2.30. The number of aromatic nitrogens is 2. The lowest BCUT2D eigenvalue weighted by molar-refractivity contribution is 0.0872. The van der Waals surface area contributed by atoms with Gasteiger partial charge in [0, 0.05) is 18.7 Å². The summed E-state index contributed by atoms with van der Waals surface area (Å²) in [5, 5.41) is 16.8. The largest absolute Gasteiger partial charge is 0.494 e. The standard InChI is InChI=1S/C26H37FN4O4/c1-17-16-19(9-10-20(17)23(33)28-21-7-4-8-22(21)32)34-15-5-6-18-11-13-31(14-12-18)25-29-24(35-30-25)26(2,3)27/h9-10,16,18,21-22,32H,4-8,11-15H2,1-3H3,(H,28,33)/t21-,22-/m0/s1. The first-order chi connectivity index (χ1) is 16.7. The minimum absolute atomic E-state index is 0.0169. The molecule has 2 N–H and O–H groups in total. The average Bonchev–Trinajstić information content (AvgIpc) is 3.47. The third-order valence-corrected chi connectivity index (χ3v) is 7.09. The van der Waals surface area contributed by atoms with E-state index >= 15 is 0 Å². The van der Waals surface area contributed by atoms with Gasteiger partial charge in [0.25, 0.3) is 17.7 Å². The molecule has 2 heterocycles. The van der Waals surface area contributed by atoms with Crippen molar-refractivity contribution in [1.82, 2.24) is 15.5 Å². The minimum Gasteiger partial charge on any atom is -0.494 e. The van der Waals surface area contributed by atoms with Gasteiger partial charge in [0.15, 0.2) is 5.67 Å². The third-order valence-electron chi connectivity index (χ3n) is 7.09. The van der Waals surface area contributed by atoms with Crippen LogP contribution < -0.4 is 15.0 Å². The maximum Gasteiger partial charge on any atom is 0.266 e. The summed E-state index contributed by atoms with van der Waals surface area (Å²) in [7, 11) is 0. The van der Waals surface area contributed by atoms with E-state index in [2.05, 4.69) is 20.4 Å². The number of nitrogens with zero attached hydrogens (tertiary/aromatic N) is 3. The average molecular weight is 489 g/mol. The van der Waals surface area contributed by atoms with Crippen LogP contribution in [0, 0.1) is 12.8 Å². The molecule has 8 nitrogen and oxygen atoms in total. The van der Waals surface area contributed by atoms with E-state index < -0.39 is 11.8 Å². The van der Waals surface area contributed by atoms with Gasteiger partial charge in [-0.05, 0) is 101 Å². The number of alkyl halides is 1. The van der Waals surface area contributed by atoms with Gasteiger partial charge in [0.2, 0.25) is 0 Å². The second kappa shape index (κ2) is 10.9. The maximum atomic E-state index is 14.0. The SMILES string of the molecule is Cc1cc(OCCCC2CCN(c3noc(C(C)(C)F)n3)CC2)ccc1C(=O)N[C@H]1CCC[C@@H]1O. The Labute approximate surface area is 206 Å². The summed E-state index contributed by atoms with van der Waals surface area (Å²) < 4.78 is 25.0. The van der Waals surface area contributed by atoms with Crippen molar-refractivity contribution in [2.24, 2.45) is 5.92 Å². The van der Waals surface area contributed by atoms with E-state index in [1.807, 2.05) is 19.1 Å². The minimum atomic E-state index is -1.63. The molecular weight excluding hydrogens is 451 g/mol. The highest BCUT2D eigenvalue weighted by atomic mass is 19.1. The number of aliphatic hydroxyl groups excluding tert-OH is 1. The summed E-state index contributed by atoms with van der Waals surface area (Å²) in [5.74, 6) is 1.72. The Kier molecular flexibility index (Phi) is 7.94. The molecular formula is C26H37FN4O4. The van der Waals surface area contributed by atoms with Crippen molar-refractivity contribution < 1.29 is 23.6 Å². The molecule has 1 saturated heterocycles. The summed E-state index contributed by atoms with van der Waals surface area (Å²) in [6.45, 7) is 7.01. The Balaban J connectivity index is 1.17. The quantitative estimate of drug-likeness (QED) is 0.508. The van der Waals surface area contributed by atoms with Crippen molar-refractivity contribution >= 4 is 11.9 Å². The first kappa shape index (κ1) is 25.4. The van der Waals surface area contributed by atoms with Gasteiger partial charge in [-0.15, -0.1) is 0 Å². The molecule has 2 aromatic rings. The maximum absolute atomic E-state index is 14.0. The highest BCUT2D eigenvalue weighted by Gasteiger charge is 2.30. The van der Waals surface area contributed by atoms with Crippen molar-refractivity contribution in [2.75, 3.05) is 24.6 Å². The Morgan fingerprint density at radius 3 is 2.69 bits per heavy atom. The van der Waals surface area contributed by atoms with Crippen molar-refractivity contribution in [3.05, 3.63) is 35.2 Å². The van der Waals surface area contributed by atoms with E-state index in [9.17, 15) is 14.3 Å². The highest BCUT2D eigenvalue weighted by Crippen LogP contribution is 2.28. The molecule has 4 rings (SSSR count). The fourth-order valence-electron chi connectivity index (χ4n) is 4.90. The number of hydrogen-bond acceptors (Lipinski definition) is 7. The molecule has 1 aromatic carbocycles. The zero-order valence-electron chi connectivity index (χ0n) is 20.9. The fourth-order valence-corrected chi connectivity index (χ4v) is 4.90. The molecule has 0 unspecified atom stereocenters. The number of carbonyl (C=O) groups is 1. The molecule has 192 valence electrons. The van der Waals surface area contributed by atoms with Gasteiger partial charge in [-0.25, -0.2) is 4.39 Å². The Hall–Kier alpha value is -2.68. The van der Waals surface area contributed by atoms with Crippen LogP contribution >= 0.6 is 0 Å². The number of aryl methyl sites for hydroxylation is 1. The van der Waals surface area contributed by atoms with E-state index in [4.69, 9.17) is 9.26 Å². The Morgan fingerprint density at radius 1 is 1.29 bits per heavy atom. The van der Waals surface area contributed by atoms with E-state index in [-0.39, 0.29) is 17.8 Å². The third kappa shape index (κ3) is 6.51. The second-order valence-electron chi connectivity index (χ2n) is 10.3. The first-order valence-corrected chi connectivity index (χ1v) is 12.7. The molecule has 1 aromatic heterocycles. The predicted molar refractivity (Wildman–Crippen MR) is 130 cm³/mol. The van der Waals surface area contributed by atoms with Crippen molar-refractivity contribution in [2.45, 2.75) is 83.5 Å². The summed E-state index contributed by atoms with van der Waals surface area (Å²) in [4.78, 5) is 18.8. The summed E-state index contributed by atoms with van der Waals surface area (Å²) in [5.41, 5.74) is -0.152. The van der Waals surface area contributed by atoms with Crippen LogP contribution in [0.1, 0.15) is 80.6 Å². The van der Waals surface area contributed by atoms with Gasteiger partial charge in [-0.3, -0.25) is 4.79 Å². The summed E-state index contributed by atoms with van der Waals surface area (Å²) >= 11 is 0. The predicted octanol–water partition coefficient (Wildman–Crippen LogP) is 4.30. The van der Waals surface area contributed by atoms with E-state index in [1.54, 1.807) is 6.07 Å². The van der Waals surface area contributed by atoms with Crippen LogP contribution in [0.2, 0.25) is 0 Å². The monoisotopic (exact) mass is 488 g/mol. The van der Waals surface area contributed by atoms with Crippen molar-refractivity contribution in [3.63, 3.8) is 0 Å². The Bertz CT molecular complexity index is 997. The van der Waals surface area contributed by atoms with Crippen LogP contribution in [0.3, 0.4) is 0 Å². The van der Waals surface area contributed by atoms with E-state index in [0.717, 1.165) is 69.3 Å². The van der Waals surface area contributed by atoms with Gasteiger partial charge in [-0.1, -0.05) is 0 Å². The molecule has 2 aliphatic rings. The zero-order chi connectivity index (χ0) is 25.0. The molecule has 1 aliphatic heterocycles. The number of amides is 1. The number of piperidine rings is 1. The normalized spacial score (nSPS) is 21.3. The van der Waals surface area contributed by atoms with Gasteiger partial charge in [0.1, 0.15) is 5.75 Å². The first-order valence-electron chi connectivity index (χ1n) is 12.7. The number of benzene rings is 1. The number of halogens is 1. The molecule has 1 aliphatic carbocycles. The smallest absolute Gasteiger partial charge is 0.266 e. The Morgan fingerprint density at radius 2 is 2.06 bits per heavy atom. The van der Waals surface area contributed by atoms with E-state index in [0.29, 0.717) is 24.0 Å². The van der Waals surface area contributed by atoms with Crippen LogP contribution in [0.25, 0.3) is 0 Å². The molecule has 0 radical (unpaired) electrons. The topological polar surface area (TPSA) is 101 Å². The van der Waals surface area contributed by atoms with Gasteiger partial charge < -0.3 is 24.6 Å². The molecule has 0 bridgehead atoms. The van der Waals surface area contributed by atoms with E-state index in [1.165, 1.54) is 13.8 Å². The molecule has 2 fully saturated rings. The van der Waals surface area contributed by atoms with Crippen LogP contribution in [0.4, 0.5) is 10.3 Å².